The molecule has 0 aromatic heterocycles. The van der Waals surface area contributed by atoms with Gasteiger partial charge in [-0.3, -0.25) is 4.79 Å². The first-order chi connectivity index (χ1) is 16.0. The van der Waals surface area contributed by atoms with E-state index in [9.17, 15) is 18.0 Å². The van der Waals surface area contributed by atoms with Crippen LogP contribution in [-0.4, -0.2) is 12.3 Å². The predicted octanol–water partition coefficient (Wildman–Crippen LogP) is 6.80. The van der Waals surface area contributed by atoms with Crippen LogP contribution >= 0.6 is 0 Å². The lowest BCUT2D eigenvalue weighted by atomic mass is 9.82. The molecule has 7 heteroatoms. The van der Waals surface area contributed by atoms with Crippen molar-refractivity contribution in [1.29, 1.82) is 0 Å². The standard InChI is InChI=1S/C27H23F3O4/c1-5-26(3,4)23-22(32-18(2)31)17-20(16-19-12-8-6-9-13-19)24(34-27(28,29)30)25(23)33-21-14-10-7-11-15-21/h1,6-15,17H,16H2,2-4H3. The highest BCUT2D eigenvalue weighted by Crippen LogP contribution is 2.50. The van der Waals surface area contributed by atoms with E-state index in [0.717, 1.165) is 5.56 Å². The zero-order chi connectivity index (χ0) is 24.9. The fourth-order valence-electron chi connectivity index (χ4n) is 3.45. The number of hydrogen-bond acceptors (Lipinski definition) is 4. The Morgan fingerprint density at radius 2 is 1.56 bits per heavy atom. The number of carbonyl (C=O) groups excluding carboxylic acids is 1. The average molecular weight is 468 g/mol. The van der Waals surface area contributed by atoms with E-state index >= 15 is 0 Å². The molecule has 4 nitrogen and oxygen atoms in total. The van der Waals surface area contributed by atoms with Gasteiger partial charge in [0.25, 0.3) is 0 Å². The third kappa shape index (κ3) is 6.10. The third-order valence-corrected chi connectivity index (χ3v) is 4.93. The molecule has 0 unspecified atom stereocenters. The Kier molecular flexibility index (Phi) is 7.21. The highest BCUT2D eigenvalue weighted by Gasteiger charge is 2.38. The molecule has 0 amide bonds. The van der Waals surface area contributed by atoms with E-state index in [0.29, 0.717) is 0 Å². The monoisotopic (exact) mass is 468 g/mol. The lowest BCUT2D eigenvalue weighted by Crippen LogP contribution is -2.23. The van der Waals surface area contributed by atoms with Gasteiger partial charge in [0.15, 0.2) is 11.5 Å². The summed E-state index contributed by atoms with van der Waals surface area (Å²) in [5, 5.41) is 0. The second-order valence-electron chi connectivity index (χ2n) is 8.06. The van der Waals surface area contributed by atoms with Gasteiger partial charge in [0.1, 0.15) is 11.5 Å². The molecule has 0 aliphatic heterocycles. The third-order valence-electron chi connectivity index (χ3n) is 4.93. The maximum absolute atomic E-state index is 13.6. The van der Waals surface area contributed by atoms with E-state index in [2.05, 4.69) is 10.7 Å². The van der Waals surface area contributed by atoms with Crippen LogP contribution in [0.15, 0.2) is 66.7 Å². The normalized spacial score (nSPS) is 11.4. The van der Waals surface area contributed by atoms with Crippen molar-refractivity contribution in [3.8, 4) is 35.3 Å². The number of halogens is 3. The van der Waals surface area contributed by atoms with Crippen molar-refractivity contribution in [2.45, 2.75) is 39.0 Å². The van der Waals surface area contributed by atoms with Gasteiger partial charge in [0.2, 0.25) is 0 Å². The highest BCUT2D eigenvalue weighted by molar-refractivity contribution is 5.73. The minimum Gasteiger partial charge on any atom is -0.453 e. The summed E-state index contributed by atoms with van der Waals surface area (Å²) in [5.41, 5.74) is -0.255. The molecule has 0 spiro atoms. The zero-order valence-corrected chi connectivity index (χ0v) is 18.9. The first-order valence-corrected chi connectivity index (χ1v) is 10.4. The van der Waals surface area contributed by atoms with Crippen LogP contribution in [0.5, 0.6) is 23.0 Å². The van der Waals surface area contributed by atoms with Crippen LogP contribution in [0.4, 0.5) is 13.2 Å². The number of benzene rings is 3. The molecule has 0 saturated heterocycles. The summed E-state index contributed by atoms with van der Waals surface area (Å²) < 4.78 is 56.7. The van der Waals surface area contributed by atoms with Gasteiger partial charge in [0, 0.05) is 18.9 Å². The Balaban J connectivity index is 2.37. The molecule has 0 bridgehead atoms. The molecule has 0 saturated carbocycles. The zero-order valence-electron chi connectivity index (χ0n) is 18.9. The largest absolute Gasteiger partial charge is 0.573 e. The fourth-order valence-corrected chi connectivity index (χ4v) is 3.45. The van der Waals surface area contributed by atoms with Crippen molar-refractivity contribution in [2.24, 2.45) is 0 Å². The summed E-state index contributed by atoms with van der Waals surface area (Å²) >= 11 is 0. The van der Waals surface area contributed by atoms with Crippen LogP contribution in [0, 0.1) is 12.3 Å². The van der Waals surface area contributed by atoms with E-state index in [1.165, 1.54) is 13.0 Å². The van der Waals surface area contributed by atoms with E-state index < -0.39 is 23.5 Å². The predicted molar refractivity (Wildman–Crippen MR) is 122 cm³/mol. The van der Waals surface area contributed by atoms with Gasteiger partial charge in [-0.1, -0.05) is 54.5 Å². The summed E-state index contributed by atoms with van der Waals surface area (Å²) in [5.74, 6) is 1.34. The molecule has 34 heavy (non-hydrogen) atoms. The molecule has 3 aromatic rings. The van der Waals surface area contributed by atoms with Crippen molar-refractivity contribution in [2.75, 3.05) is 0 Å². The number of alkyl halides is 3. The summed E-state index contributed by atoms with van der Waals surface area (Å²) in [7, 11) is 0. The molecule has 3 aromatic carbocycles. The minimum atomic E-state index is -5.01. The molecule has 0 fully saturated rings. The van der Waals surface area contributed by atoms with E-state index in [1.807, 2.05) is 0 Å². The molecular formula is C27H23F3O4. The van der Waals surface area contributed by atoms with Crippen LogP contribution in [0.3, 0.4) is 0 Å². The average Bonchev–Trinajstić information content (AvgIpc) is 2.76. The molecule has 0 radical (unpaired) electrons. The molecule has 0 heterocycles. The van der Waals surface area contributed by atoms with Gasteiger partial charge in [-0.25, -0.2) is 0 Å². The van der Waals surface area contributed by atoms with E-state index in [4.69, 9.17) is 15.9 Å². The Morgan fingerprint density at radius 3 is 2.09 bits per heavy atom. The van der Waals surface area contributed by atoms with Crippen molar-refractivity contribution in [1.82, 2.24) is 0 Å². The fraction of sp³-hybridized carbons (Fsp3) is 0.222. The van der Waals surface area contributed by atoms with Crippen LogP contribution in [-0.2, 0) is 16.6 Å². The summed E-state index contributed by atoms with van der Waals surface area (Å²) in [6, 6.07) is 18.5. The van der Waals surface area contributed by atoms with Crippen LogP contribution < -0.4 is 14.2 Å². The van der Waals surface area contributed by atoms with Gasteiger partial charge < -0.3 is 14.2 Å². The van der Waals surface area contributed by atoms with E-state index in [1.54, 1.807) is 74.5 Å². The second kappa shape index (κ2) is 9.92. The quantitative estimate of drug-likeness (QED) is 0.217. The lowest BCUT2D eigenvalue weighted by molar-refractivity contribution is -0.275. The van der Waals surface area contributed by atoms with Gasteiger partial charge >= 0.3 is 12.3 Å². The topological polar surface area (TPSA) is 44.8 Å². The Morgan fingerprint density at radius 1 is 0.971 bits per heavy atom. The molecule has 0 N–H and O–H groups in total. The SMILES string of the molecule is C#CC(C)(C)c1c(OC(C)=O)cc(Cc2ccccc2)c(OC(F)(F)F)c1Oc1ccccc1. The maximum atomic E-state index is 13.6. The number of carbonyl (C=O) groups is 1. The molecular weight excluding hydrogens is 445 g/mol. The summed E-state index contributed by atoms with van der Waals surface area (Å²) in [6.45, 7) is 4.42. The van der Waals surface area contributed by atoms with Gasteiger partial charge in [0.05, 0.1) is 11.0 Å². The first kappa shape index (κ1) is 24.7. The number of terminal acetylenes is 1. The molecule has 3 rings (SSSR count). The number of rotatable bonds is 7. The molecule has 0 aliphatic rings. The van der Waals surface area contributed by atoms with Gasteiger partial charge in [-0.05, 0) is 37.6 Å². The molecule has 0 aliphatic carbocycles. The van der Waals surface area contributed by atoms with Crippen molar-refractivity contribution >= 4 is 5.97 Å². The highest BCUT2D eigenvalue weighted by atomic mass is 19.4. The first-order valence-electron chi connectivity index (χ1n) is 10.4. The lowest BCUT2D eigenvalue weighted by Gasteiger charge is -2.28. The Hall–Kier alpha value is -3.92. The number of ether oxygens (including phenoxy) is 3. The maximum Gasteiger partial charge on any atom is 0.573 e. The van der Waals surface area contributed by atoms with Crippen molar-refractivity contribution in [3.63, 3.8) is 0 Å². The summed E-state index contributed by atoms with van der Waals surface area (Å²) in [4.78, 5) is 11.9. The Labute approximate surface area is 196 Å². The van der Waals surface area contributed by atoms with Crippen molar-refractivity contribution in [3.05, 3.63) is 83.4 Å². The van der Waals surface area contributed by atoms with E-state index in [-0.39, 0.29) is 34.8 Å². The number of para-hydroxylation sites is 1. The van der Waals surface area contributed by atoms with Crippen molar-refractivity contribution < 1.29 is 32.2 Å². The van der Waals surface area contributed by atoms with Crippen LogP contribution in [0.25, 0.3) is 0 Å². The molecule has 0 atom stereocenters. The van der Waals surface area contributed by atoms with Crippen LogP contribution in [0.2, 0.25) is 0 Å². The van der Waals surface area contributed by atoms with Gasteiger partial charge in [-0.2, -0.15) is 0 Å². The molecule has 176 valence electrons. The minimum absolute atomic E-state index is 0.00170. The van der Waals surface area contributed by atoms with Crippen LogP contribution in [0.1, 0.15) is 37.5 Å². The number of hydrogen-bond donors (Lipinski definition) is 0. The summed E-state index contributed by atoms with van der Waals surface area (Å²) in [6.07, 6.45) is 0.775. The Bertz CT molecular complexity index is 1190. The smallest absolute Gasteiger partial charge is 0.453 e. The van der Waals surface area contributed by atoms with Gasteiger partial charge in [-0.15, -0.1) is 19.6 Å². The second-order valence-corrected chi connectivity index (χ2v) is 8.06. The number of esters is 1.